The second-order valence-electron chi connectivity index (χ2n) is 4.37. The highest BCUT2D eigenvalue weighted by atomic mass is 16.3. The monoisotopic (exact) mass is 213 g/mol. The van der Waals surface area contributed by atoms with Gasteiger partial charge in [0.05, 0.1) is 11.1 Å². The van der Waals surface area contributed by atoms with Crippen molar-refractivity contribution in [3.63, 3.8) is 0 Å². The largest absolute Gasteiger partial charge is 0.388 e. The number of aliphatic hydroxyl groups is 1. The molecule has 0 fully saturated rings. The highest BCUT2D eigenvalue weighted by Gasteiger charge is 2.37. The maximum atomic E-state index is 11.6. The lowest BCUT2D eigenvalue weighted by atomic mass is 9.86. The minimum absolute atomic E-state index is 0.0488. The highest BCUT2D eigenvalue weighted by molar-refractivity contribution is 5.90. The Kier molecular flexibility index (Phi) is 2.76. The van der Waals surface area contributed by atoms with Crippen LogP contribution in [0.4, 0.5) is 0 Å². The summed E-state index contributed by atoms with van der Waals surface area (Å²) in [6, 6.07) is 0. The molecule has 0 aliphatic heterocycles. The van der Waals surface area contributed by atoms with Gasteiger partial charge in [0.2, 0.25) is 0 Å². The van der Waals surface area contributed by atoms with Gasteiger partial charge >= 0.3 is 0 Å². The molecule has 0 spiro atoms. The molecule has 1 aromatic rings. The summed E-state index contributed by atoms with van der Waals surface area (Å²) in [5.41, 5.74) is -1.84. The van der Waals surface area contributed by atoms with Crippen molar-refractivity contribution in [1.82, 2.24) is 25.9 Å². The van der Waals surface area contributed by atoms with Crippen molar-refractivity contribution < 1.29 is 9.90 Å². The predicted octanol–water partition coefficient (Wildman–Crippen LogP) is -0.521. The molecule has 3 N–H and O–H groups in total. The summed E-state index contributed by atoms with van der Waals surface area (Å²) in [6.07, 6.45) is 0. The molecule has 0 radical (unpaired) electrons. The summed E-state index contributed by atoms with van der Waals surface area (Å²) < 4.78 is 0. The lowest BCUT2D eigenvalue weighted by molar-refractivity contribution is -0.00312. The number of carbonyl (C=O) groups excluding carboxylic acids is 1. The van der Waals surface area contributed by atoms with Crippen molar-refractivity contribution in [3.8, 4) is 0 Å². The normalized spacial score (nSPS) is 12.6. The third-order valence-corrected chi connectivity index (χ3v) is 2.50. The third-order valence-electron chi connectivity index (χ3n) is 2.50. The summed E-state index contributed by atoms with van der Waals surface area (Å²) in [6.45, 7) is 6.66. The summed E-state index contributed by atoms with van der Waals surface area (Å²) in [5, 5.41) is 25.0. The van der Waals surface area contributed by atoms with Gasteiger partial charge in [0.1, 0.15) is 0 Å². The predicted molar refractivity (Wildman–Crippen MR) is 52.0 cm³/mol. The first-order valence-electron chi connectivity index (χ1n) is 4.52. The fourth-order valence-corrected chi connectivity index (χ4v) is 0.751. The summed E-state index contributed by atoms with van der Waals surface area (Å²) in [7, 11) is 0. The van der Waals surface area contributed by atoms with E-state index in [1.54, 1.807) is 27.7 Å². The van der Waals surface area contributed by atoms with Crippen molar-refractivity contribution in [3.05, 3.63) is 5.82 Å². The fourth-order valence-electron chi connectivity index (χ4n) is 0.751. The topological polar surface area (TPSA) is 104 Å². The van der Waals surface area contributed by atoms with E-state index in [2.05, 4.69) is 25.9 Å². The van der Waals surface area contributed by atoms with Crippen molar-refractivity contribution in [2.75, 3.05) is 0 Å². The molecule has 15 heavy (non-hydrogen) atoms. The second-order valence-corrected chi connectivity index (χ2v) is 4.37. The Morgan fingerprint density at radius 3 is 2.40 bits per heavy atom. The second kappa shape index (κ2) is 3.58. The van der Waals surface area contributed by atoms with Crippen molar-refractivity contribution >= 4 is 5.91 Å². The third kappa shape index (κ3) is 2.50. The molecule has 0 atom stereocenters. The van der Waals surface area contributed by atoms with Gasteiger partial charge in [-0.1, -0.05) is 0 Å². The number of H-pyrrole nitrogens is 1. The summed E-state index contributed by atoms with van der Waals surface area (Å²) in [5.74, 6) is -0.525. The van der Waals surface area contributed by atoms with Crippen LogP contribution in [0.25, 0.3) is 0 Å². The van der Waals surface area contributed by atoms with E-state index in [1.165, 1.54) is 0 Å². The Morgan fingerprint density at radius 1 is 1.40 bits per heavy atom. The summed E-state index contributed by atoms with van der Waals surface area (Å²) in [4.78, 5) is 11.6. The molecule has 0 saturated heterocycles. The number of aromatic nitrogens is 4. The molecule has 7 heteroatoms. The number of nitrogens with zero attached hydrogens (tertiary/aromatic N) is 3. The molecule has 1 rings (SSSR count). The Bertz CT molecular complexity index is 338. The number of tetrazole rings is 1. The molecule has 1 heterocycles. The zero-order chi connectivity index (χ0) is 11.7. The van der Waals surface area contributed by atoms with Crippen molar-refractivity contribution in [2.45, 2.75) is 38.8 Å². The molecule has 1 aromatic heterocycles. The van der Waals surface area contributed by atoms with Crippen molar-refractivity contribution in [1.29, 1.82) is 0 Å². The molecule has 0 aliphatic rings. The Labute approximate surface area is 87.3 Å². The van der Waals surface area contributed by atoms with Crippen LogP contribution in [0.2, 0.25) is 0 Å². The molecular formula is C8H15N5O2. The van der Waals surface area contributed by atoms with Gasteiger partial charge in [-0.05, 0) is 32.9 Å². The Hall–Kier alpha value is -1.50. The maximum Gasteiger partial charge on any atom is 0.293 e. The maximum absolute atomic E-state index is 11.6. The van der Waals surface area contributed by atoms with Gasteiger partial charge < -0.3 is 10.4 Å². The van der Waals surface area contributed by atoms with E-state index in [4.69, 9.17) is 0 Å². The van der Waals surface area contributed by atoms with Crippen LogP contribution >= 0.6 is 0 Å². The first-order chi connectivity index (χ1) is 6.74. The summed E-state index contributed by atoms with van der Waals surface area (Å²) >= 11 is 0. The highest BCUT2D eigenvalue weighted by Crippen LogP contribution is 2.20. The number of carbonyl (C=O) groups is 1. The smallest absolute Gasteiger partial charge is 0.293 e. The van der Waals surface area contributed by atoms with E-state index in [0.717, 1.165) is 0 Å². The lowest BCUT2D eigenvalue weighted by Crippen LogP contribution is -2.57. The Morgan fingerprint density at radius 2 is 2.00 bits per heavy atom. The number of amides is 1. The van der Waals surface area contributed by atoms with Crippen LogP contribution in [0.15, 0.2) is 0 Å². The lowest BCUT2D eigenvalue weighted by Gasteiger charge is -2.37. The van der Waals surface area contributed by atoms with Gasteiger partial charge in [-0.15, -0.1) is 10.2 Å². The van der Waals surface area contributed by atoms with Crippen LogP contribution in [0.1, 0.15) is 38.3 Å². The van der Waals surface area contributed by atoms with Crippen LogP contribution in [0, 0.1) is 0 Å². The first-order valence-corrected chi connectivity index (χ1v) is 4.52. The minimum Gasteiger partial charge on any atom is -0.388 e. The van der Waals surface area contributed by atoms with Gasteiger partial charge in [-0.2, -0.15) is 5.21 Å². The van der Waals surface area contributed by atoms with E-state index in [0.29, 0.717) is 0 Å². The standard InChI is InChI=1S/C8H15N5O2/c1-7(2,8(3,4)15)9-6(14)5-10-12-13-11-5/h15H,1-4H3,(H,9,14)(H,10,11,12,13). The van der Waals surface area contributed by atoms with Crippen LogP contribution in [0.3, 0.4) is 0 Å². The average Bonchev–Trinajstić information content (AvgIpc) is 2.51. The van der Waals surface area contributed by atoms with Gasteiger partial charge in [0.15, 0.2) is 0 Å². The molecule has 0 saturated carbocycles. The van der Waals surface area contributed by atoms with Crippen LogP contribution < -0.4 is 5.32 Å². The quantitative estimate of drug-likeness (QED) is 0.626. The van der Waals surface area contributed by atoms with Gasteiger partial charge in [-0.3, -0.25) is 4.79 Å². The number of hydrogen-bond acceptors (Lipinski definition) is 5. The fraction of sp³-hybridized carbons (Fsp3) is 0.750. The first kappa shape index (κ1) is 11.6. The van der Waals surface area contributed by atoms with E-state index in [9.17, 15) is 9.90 Å². The van der Waals surface area contributed by atoms with Gasteiger partial charge in [-0.25, -0.2) is 0 Å². The number of rotatable bonds is 3. The van der Waals surface area contributed by atoms with Gasteiger partial charge in [0.25, 0.3) is 11.7 Å². The number of hydrogen-bond donors (Lipinski definition) is 3. The minimum atomic E-state index is -1.05. The van der Waals surface area contributed by atoms with Crippen LogP contribution in [-0.2, 0) is 0 Å². The van der Waals surface area contributed by atoms with E-state index in [-0.39, 0.29) is 5.82 Å². The van der Waals surface area contributed by atoms with Crippen molar-refractivity contribution in [2.24, 2.45) is 0 Å². The molecule has 0 aliphatic carbocycles. The van der Waals surface area contributed by atoms with Gasteiger partial charge in [0, 0.05) is 0 Å². The molecule has 84 valence electrons. The van der Waals surface area contributed by atoms with E-state index >= 15 is 0 Å². The number of nitrogens with one attached hydrogen (secondary N) is 2. The molecule has 0 aromatic carbocycles. The SMILES string of the molecule is CC(C)(O)C(C)(C)NC(=O)c1nn[nH]n1. The zero-order valence-corrected chi connectivity index (χ0v) is 9.20. The number of aromatic amines is 1. The Balaban J connectivity index is 2.75. The van der Waals surface area contributed by atoms with E-state index in [1.807, 2.05) is 0 Å². The molecule has 7 nitrogen and oxygen atoms in total. The molecule has 0 unspecified atom stereocenters. The average molecular weight is 213 g/mol. The van der Waals surface area contributed by atoms with Crippen LogP contribution in [0.5, 0.6) is 0 Å². The zero-order valence-electron chi connectivity index (χ0n) is 9.20. The molecule has 1 amide bonds. The van der Waals surface area contributed by atoms with Crippen LogP contribution in [-0.4, -0.2) is 42.8 Å². The molecular weight excluding hydrogens is 198 g/mol. The van der Waals surface area contributed by atoms with E-state index < -0.39 is 17.0 Å². The molecule has 0 bridgehead atoms.